The average molecular weight is 253 g/mol. The van der Waals surface area contributed by atoms with E-state index in [2.05, 4.69) is 10.1 Å². The molecule has 0 heterocycles. The van der Waals surface area contributed by atoms with Gasteiger partial charge in [-0.2, -0.15) is 0 Å². The Morgan fingerprint density at radius 1 is 1.29 bits per heavy atom. The van der Waals surface area contributed by atoms with Gasteiger partial charge in [0.25, 0.3) is 0 Å². The van der Waals surface area contributed by atoms with Gasteiger partial charge in [-0.1, -0.05) is 0 Å². The van der Waals surface area contributed by atoms with E-state index in [4.69, 9.17) is 0 Å². The summed E-state index contributed by atoms with van der Waals surface area (Å²) in [6.07, 6.45) is 0.397. The molecule has 1 rings (SSSR count). The van der Waals surface area contributed by atoms with Crippen molar-refractivity contribution in [2.24, 2.45) is 0 Å². The van der Waals surface area contributed by atoms with E-state index in [1.165, 1.54) is 14.0 Å². The lowest BCUT2D eigenvalue weighted by atomic mass is 10.3. The van der Waals surface area contributed by atoms with Gasteiger partial charge in [0.05, 0.1) is 13.5 Å². The number of hydrogen-bond donors (Lipinski definition) is 1. The van der Waals surface area contributed by atoms with Crippen LogP contribution in [0.1, 0.15) is 13.3 Å². The molecule has 0 saturated carbocycles. The maximum atomic E-state index is 10.9. The first kappa shape index (κ1) is 13.6. The van der Waals surface area contributed by atoms with Gasteiger partial charge in [0.15, 0.2) is 0 Å². The number of thioether (sulfide) groups is 1. The number of anilines is 1. The fourth-order valence-electron chi connectivity index (χ4n) is 1.19. The van der Waals surface area contributed by atoms with E-state index in [0.717, 1.165) is 10.6 Å². The van der Waals surface area contributed by atoms with Crippen LogP contribution in [0.5, 0.6) is 0 Å². The van der Waals surface area contributed by atoms with E-state index < -0.39 is 0 Å². The second-order valence-corrected chi connectivity index (χ2v) is 4.55. The number of methoxy groups -OCH3 is 1. The molecule has 0 aliphatic rings. The summed E-state index contributed by atoms with van der Waals surface area (Å²) < 4.78 is 4.55. The molecule has 0 aliphatic carbocycles. The van der Waals surface area contributed by atoms with Crippen molar-refractivity contribution in [2.75, 3.05) is 18.2 Å². The van der Waals surface area contributed by atoms with Gasteiger partial charge in [-0.3, -0.25) is 9.59 Å². The first-order valence-electron chi connectivity index (χ1n) is 5.19. The Balaban J connectivity index is 2.40. The summed E-state index contributed by atoms with van der Waals surface area (Å²) in [7, 11) is 1.38. The molecule has 1 amide bonds. The van der Waals surface area contributed by atoms with Gasteiger partial charge >= 0.3 is 5.97 Å². The number of rotatable bonds is 5. The summed E-state index contributed by atoms with van der Waals surface area (Å²) in [5.74, 6) is 0.398. The predicted octanol–water partition coefficient (Wildman–Crippen LogP) is 2.30. The van der Waals surface area contributed by atoms with Gasteiger partial charge in [0, 0.05) is 23.3 Å². The van der Waals surface area contributed by atoms with Gasteiger partial charge in [-0.15, -0.1) is 11.8 Å². The summed E-state index contributed by atoms with van der Waals surface area (Å²) in [5.41, 5.74) is 0.773. The highest BCUT2D eigenvalue weighted by Gasteiger charge is 2.01. The topological polar surface area (TPSA) is 55.4 Å². The molecule has 0 bridgehead atoms. The van der Waals surface area contributed by atoms with Crippen molar-refractivity contribution >= 4 is 29.3 Å². The van der Waals surface area contributed by atoms with E-state index in [9.17, 15) is 9.59 Å². The maximum Gasteiger partial charge on any atom is 0.306 e. The maximum absolute atomic E-state index is 10.9. The summed E-state index contributed by atoms with van der Waals surface area (Å²) in [6, 6.07) is 7.49. The molecule has 0 aliphatic heterocycles. The molecule has 0 unspecified atom stereocenters. The average Bonchev–Trinajstić information content (AvgIpc) is 2.30. The first-order valence-corrected chi connectivity index (χ1v) is 6.17. The molecule has 1 aromatic rings. The summed E-state index contributed by atoms with van der Waals surface area (Å²) in [4.78, 5) is 22.8. The number of ether oxygens (including phenoxy) is 1. The molecule has 0 fully saturated rings. The summed E-state index contributed by atoms with van der Waals surface area (Å²) >= 11 is 1.58. The van der Waals surface area contributed by atoms with Crippen molar-refractivity contribution in [1.29, 1.82) is 0 Å². The van der Waals surface area contributed by atoms with Crippen molar-refractivity contribution in [1.82, 2.24) is 0 Å². The van der Waals surface area contributed by atoms with E-state index in [1.54, 1.807) is 11.8 Å². The minimum Gasteiger partial charge on any atom is -0.469 e. The SMILES string of the molecule is COC(=O)CCSc1ccc(NC(C)=O)cc1. The number of amides is 1. The van der Waals surface area contributed by atoms with Crippen LogP contribution in [0.25, 0.3) is 0 Å². The predicted molar refractivity (Wildman–Crippen MR) is 68.1 cm³/mol. The number of nitrogens with one attached hydrogen (secondary N) is 1. The van der Waals surface area contributed by atoms with Gasteiger partial charge in [0.1, 0.15) is 0 Å². The largest absolute Gasteiger partial charge is 0.469 e. The van der Waals surface area contributed by atoms with Gasteiger partial charge in [-0.05, 0) is 24.3 Å². The third-order valence-electron chi connectivity index (χ3n) is 1.98. The molecule has 0 saturated heterocycles. The van der Waals surface area contributed by atoms with Crippen LogP contribution in [0.15, 0.2) is 29.2 Å². The molecular formula is C12H15NO3S. The summed E-state index contributed by atoms with van der Waals surface area (Å²) in [5, 5.41) is 2.69. The number of benzene rings is 1. The van der Waals surface area contributed by atoms with Crippen LogP contribution in [0, 0.1) is 0 Å². The Kier molecular flexibility index (Phi) is 5.56. The molecule has 0 aromatic heterocycles. The van der Waals surface area contributed by atoms with Crippen molar-refractivity contribution in [2.45, 2.75) is 18.2 Å². The van der Waals surface area contributed by atoms with Crippen LogP contribution in [0.2, 0.25) is 0 Å². The number of hydrogen-bond acceptors (Lipinski definition) is 4. The Morgan fingerprint density at radius 3 is 2.47 bits per heavy atom. The van der Waals surface area contributed by atoms with E-state index in [1.807, 2.05) is 24.3 Å². The lowest BCUT2D eigenvalue weighted by molar-refractivity contribution is -0.140. The highest BCUT2D eigenvalue weighted by Crippen LogP contribution is 2.21. The third-order valence-corrected chi connectivity index (χ3v) is 2.99. The molecular weight excluding hydrogens is 238 g/mol. The van der Waals surface area contributed by atoms with Crippen LogP contribution >= 0.6 is 11.8 Å². The zero-order valence-corrected chi connectivity index (χ0v) is 10.7. The summed E-state index contributed by atoms with van der Waals surface area (Å²) in [6.45, 7) is 1.47. The Hall–Kier alpha value is -1.49. The fourth-order valence-corrected chi connectivity index (χ4v) is 2.02. The van der Waals surface area contributed by atoms with Crippen LogP contribution in [0.3, 0.4) is 0 Å². The van der Waals surface area contributed by atoms with Gasteiger partial charge < -0.3 is 10.1 Å². The monoisotopic (exact) mass is 253 g/mol. The smallest absolute Gasteiger partial charge is 0.306 e. The van der Waals surface area contributed by atoms with E-state index in [-0.39, 0.29) is 11.9 Å². The number of carbonyl (C=O) groups excluding carboxylic acids is 2. The number of carbonyl (C=O) groups is 2. The highest BCUT2D eigenvalue weighted by atomic mass is 32.2. The highest BCUT2D eigenvalue weighted by molar-refractivity contribution is 7.99. The second-order valence-electron chi connectivity index (χ2n) is 3.38. The molecule has 1 N–H and O–H groups in total. The molecule has 4 nitrogen and oxygen atoms in total. The zero-order chi connectivity index (χ0) is 12.7. The molecule has 5 heteroatoms. The van der Waals surface area contributed by atoms with Gasteiger partial charge in [-0.25, -0.2) is 0 Å². The fraction of sp³-hybridized carbons (Fsp3) is 0.333. The van der Waals surface area contributed by atoms with Crippen molar-refractivity contribution in [3.8, 4) is 0 Å². The van der Waals surface area contributed by atoms with Crippen LogP contribution in [0.4, 0.5) is 5.69 Å². The van der Waals surface area contributed by atoms with Crippen LogP contribution in [-0.2, 0) is 14.3 Å². The number of esters is 1. The minimum absolute atomic E-state index is 0.0869. The zero-order valence-electron chi connectivity index (χ0n) is 9.86. The van der Waals surface area contributed by atoms with Crippen molar-refractivity contribution in [3.05, 3.63) is 24.3 Å². The van der Waals surface area contributed by atoms with Gasteiger partial charge in [0.2, 0.25) is 5.91 Å². The van der Waals surface area contributed by atoms with E-state index >= 15 is 0 Å². The third kappa shape index (κ3) is 5.40. The minimum atomic E-state index is -0.202. The van der Waals surface area contributed by atoms with E-state index in [0.29, 0.717) is 12.2 Å². The second kappa shape index (κ2) is 6.96. The quantitative estimate of drug-likeness (QED) is 0.646. The lowest BCUT2D eigenvalue weighted by Gasteiger charge is -2.04. The molecule has 92 valence electrons. The molecule has 0 atom stereocenters. The van der Waals surface area contributed by atoms with Crippen molar-refractivity contribution in [3.63, 3.8) is 0 Å². The molecule has 0 spiro atoms. The molecule has 1 aromatic carbocycles. The molecule has 17 heavy (non-hydrogen) atoms. The lowest BCUT2D eigenvalue weighted by Crippen LogP contribution is -2.05. The first-order chi connectivity index (χ1) is 8.11. The van der Waals surface area contributed by atoms with Crippen molar-refractivity contribution < 1.29 is 14.3 Å². The van der Waals surface area contributed by atoms with Crippen LogP contribution < -0.4 is 5.32 Å². The normalized spacial score (nSPS) is 9.76. The Bertz CT molecular complexity index is 389. The standard InChI is InChI=1S/C12H15NO3S/c1-9(14)13-10-3-5-11(6-4-10)17-8-7-12(15)16-2/h3-6H,7-8H2,1-2H3,(H,13,14). The van der Waals surface area contributed by atoms with Crippen LogP contribution in [-0.4, -0.2) is 24.7 Å². The Morgan fingerprint density at radius 2 is 1.94 bits per heavy atom. The molecule has 0 radical (unpaired) electrons. The Labute approximate surface area is 105 Å².